The Labute approximate surface area is 44.9 Å². The van der Waals surface area contributed by atoms with Crippen LogP contribution < -0.4 is 5.32 Å². The van der Waals surface area contributed by atoms with Gasteiger partial charge in [-0.1, -0.05) is 0 Å². The van der Waals surface area contributed by atoms with Crippen LogP contribution in [0.15, 0.2) is 0 Å². The van der Waals surface area contributed by atoms with Crippen molar-refractivity contribution < 1.29 is 4.74 Å². The van der Waals surface area contributed by atoms with Crippen molar-refractivity contribution in [3.63, 3.8) is 0 Å². The second-order valence-corrected chi connectivity index (χ2v) is 1.51. The van der Waals surface area contributed by atoms with Crippen LogP contribution in [-0.2, 0) is 4.74 Å². The second-order valence-electron chi connectivity index (χ2n) is 1.51. The Kier molecular flexibility index (Phi) is 5.85. The van der Waals surface area contributed by atoms with Gasteiger partial charge < -0.3 is 10.1 Å². The summed E-state index contributed by atoms with van der Waals surface area (Å²) in [5.41, 5.74) is 0. The van der Waals surface area contributed by atoms with Crippen LogP contribution in [0.1, 0.15) is 6.42 Å². The summed E-state index contributed by atoms with van der Waals surface area (Å²) in [6.07, 6.45) is 1.39. The Bertz CT molecular complexity index is 23.3. The Morgan fingerprint density at radius 1 is 1.29 bits per heavy atom. The summed E-state index contributed by atoms with van der Waals surface area (Å²) < 4.78 is 4.25. The molecule has 1 aliphatic heterocycles. The number of hydrogen-bond acceptors (Lipinski definition) is 2. The van der Waals surface area contributed by atoms with Gasteiger partial charge in [-0.15, -0.1) is 0 Å². The van der Waals surface area contributed by atoms with Crippen LogP contribution in [0.25, 0.3) is 0 Å². The molecule has 0 saturated carbocycles. The smallest absolute Gasteiger partial charge is 0.0351 e. The predicted octanol–water partition coefficient (Wildman–Crippen LogP) is 0.242. The zero-order chi connectivity index (χ0) is 5.54. The molecule has 0 radical (unpaired) electrons. The van der Waals surface area contributed by atoms with Gasteiger partial charge in [-0.05, 0) is 19.5 Å². The van der Waals surface area contributed by atoms with Crippen molar-refractivity contribution in [2.24, 2.45) is 0 Å². The normalized spacial score (nSPS) is 16.3. The summed E-state index contributed by atoms with van der Waals surface area (Å²) in [6, 6.07) is 0. The fraction of sp³-hybridized carbons (Fsp3) is 1.00. The molecule has 1 rings (SSSR count). The zero-order valence-electron chi connectivity index (χ0n) is 5.03. The molecule has 2 heteroatoms. The molecule has 1 N–H and O–H groups in total. The van der Waals surface area contributed by atoms with Gasteiger partial charge in [0.15, 0.2) is 0 Å². The maximum absolute atomic E-state index is 4.25. The van der Waals surface area contributed by atoms with E-state index in [4.69, 9.17) is 0 Å². The monoisotopic (exact) mass is 103 g/mol. The maximum atomic E-state index is 4.25. The van der Waals surface area contributed by atoms with Gasteiger partial charge in [0.2, 0.25) is 0 Å². The Morgan fingerprint density at radius 3 is 1.43 bits per heavy atom. The molecule has 1 aliphatic rings. The quantitative estimate of drug-likeness (QED) is 0.474. The molecule has 0 aromatic carbocycles. The molecule has 0 amide bonds. The first-order chi connectivity index (χ1) is 3.41. The number of nitrogens with one attached hydrogen (secondary N) is 1. The van der Waals surface area contributed by atoms with E-state index < -0.39 is 0 Å². The highest BCUT2D eigenvalue weighted by Crippen LogP contribution is 1.80. The molecule has 0 aliphatic carbocycles. The third kappa shape index (κ3) is 5.92. The minimum absolute atomic E-state index is 1.25. The van der Waals surface area contributed by atoms with Crippen LogP contribution in [0.5, 0.6) is 0 Å². The Hall–Kier alpha value is -0.0800. The lowest BCUT2D eigenvalue weighted by Crippen LogP contribution is -2.29. The lowest BCUT2D eigenvalue weighted by atomic mass is 10.3. The van der Waals surface area contributed by atoms with Crippen molar-refractivity contribution in [3.8, 4) is 0 Å². The molecule has 0 bridgehead atoms. The molecule has 7 heavy (non-hydrogen) atoms. The SMILES string of the molecule is C1CNC1.COC. The molecule has 0 aromatic rings. The summed E-state index contributed by atoms with van der Waals surface area (Å²) in [7, 11) is 3.25. The van der Waals surface area contributed by atoms with Crippen molar-refractivity contribution in [1.29, 1.82) is 0 Å². The molecule has 1 saturated heterocycles. The van der Waals surface area contributed by atoms with Crippen LogP contribution in [0.4, 0.5) is 0 Å². The van der Waals surface area contributed by atoms with E-state index in [9.17, 15) is 0 Å². The van der Waals surface area contributed by atoms with Gasteiger partial charge in [-0.3, -0.25) is 0 Å². The molecule has 0 aromatic heterocycles. The fourth-order valence-electron chi connectivity index (χ4n) is 0.177. The third-order valence-corrected chi connectivity index (χ3v) is 0.707. The van der Waals surface area contributed by atoms with Crippen LogP contribution in [0.2, 0.25) is 0 Å². The van der Waals surface area contributed by atoms with E-state index in [1.807, 2.05) is 0 Å². The molecule has 44 valence electrons. The number of hydrogen-bond donors (Lipinski definition) is 1. The molecule has 0 spiro atoms. The largest absolute Gasteiger partial charge is 0.388 e. The van der Waals surface area contributed by atoms with Gasteiger partial charge in [0.1, 0.15) is 0 Å². The van der Waals surface area contributed by atoms with E-state index in [2.05, 4.69) is 10.1 Å². The molecule has 0 unspecified atom stereocenters. The summed E-state index contributed by atoms with van der Waals surface area (Å²) in [5, 5.41) is 3.11. The van der Waals surface area contributed by atoms with Gasteiger partial charge in [-0.25, -0.2) is 0 Å². The van der Waals surface area contributed by atoms with Crippen LogP contribution >= 0.6 is 0 Å². The summed E-state index contributed by atoms with van der Waals surface area (Å²) in [4.78, 5) is 0. The van der Waals surface area contributed by atoms with Gasteiger partial charge in [0.25, 0.3) is 0 Å². The highest BCUT2D eigenvalue weighted by Gasteiger charge is 1.92. The number of ether oxygens (including phenoxy) is 1. The first-order valence-electron chi connectivity index (χ1n) is 2.52. The van der Waals surface area contributed by atoms with Crippen molar-refractivity contribution in [2.45, 2.75) is 6.42 Å². The highest BCUT2D eigenvalue weighted by atomic mass is 16.4. The molecule has 2 nitrogen and oxygen atoms in total. The van der Waals surface area contributed by atoms with Gasteiger partial charge in [0, 0.05) is 14.2 Å². The zero-order valence-corrected chi connectivity index (χ0v) is 5.03. The first-order valence-corrected chi connectivity index (χ1v) is 2.52. The molecular formula is C5H13NO. The molecule has 1 fully saturated rings. The Balaban J connectivity index is 0.000000110. The topological polar surface area (TPSA) is 21.3 Å². The maximum Gasteiger partial charge on any atom is 0.0351 e. The van der Waals surface area contributed by atoms with Crippen LogP contribution in [0, 0.1) is 0 Å². The number of rotatable bonds is 0. The minimum Gasteiger partial charge on any atom is -0.388 e. The summed E-state index contributed by atoms with van der Waals surface area (Å²) >= 11 is 0. The van der Waals surface area contributed by atoms with Crippen molar-refractivity contribution in [2.75, 3.05) is 27.3 Å². The van der Waals surface area contributed by atoms with E-state index in [-0.39, 0.29) is 0 Å². The molecule has 1 heterocycles. The summed E-state index contributed by atoms with van der Waals surface area (Å²) in [5.74, 6) is 0. The summed E-state index contributed by atoms with van der Waals surface area (Å²) in [6.45, 7) is 2.50. The lowest BCUT2D eigenvalue weighted by Gasteiger charge is -2.09. The molecule has 0 atom stereocenters. The van der Waals surface area contributed by atoms with Crippen molar-refractivity contribution in [3.05, 3.63) is 0 Å². The first kappa shape index (κ1) is 6.92. The second kappa shape index (κ2) is 5.92. The lowest BCUT2D eigenvalue weighted by molar-refractivity contribution is 0.277. The third-order valence-electron chi connectivity index (χ3n) is 0.707. The Morgan fingerprint density at radius 2 is 1.43 bits per heavy atom. The van der Waals surface area contributed by atoms with Crippen molar-refractivity contribution in [1.82, 2.24) is 5.32 Å². The van der Waals surface area contributed by atoms with Gasteiger partial charge in [-0.2, -0.15) is 0 Å². The average molecular weight is 103 g/mol. The van der Waals surface area contributed by atoms with Crippen molar-refractivity contribution >= 4 is 0 Å². The highest BCUT2D eigenvalue weighted by molar-refractivity contribution is 4.56. The van der Waals surface area contributed by atoms with Crippen LogP contribution in [0.3, 0.4) is 0 Å². The van der Waals surface area contributed by atoms with E-state index in [1.165, 1.54) is 19.5 Å². The minimum atomic E-state index is 1.25. The average Bonchev–Trinajstić information content (AvgIpc) is 1.27. The van der Waals surface area contributed by atoms with Gasteiger partial charge >= 0.3 is 0 Å². The van der Waals surface area contributed by atoms with E-state index in [0.29, 0.717) is 0 Å². The van der Waals surface area contributed by atoms with E-state index in [1.54, 1.807) is 14.2 Å². The number of methoxy groups -OCH3 is 1. The van der Waals surface area contributed by atoms with E-state index >= 15 is 0 Å². The van der Waals surface area contributed by atoms with Gasteiger partial charge in [0.05, 0.1) is 0 Å². The predicted molar refractivity (Wildman–Crippen MR) is 30.4 cm³/mol. The van der Waals surface area contributed by atoms with Crippen LogP contribution in [-0.4, -0.2) is 27.3 Å². The fourth-order valence-corrected chi connectivity index (χ4v) is 0.177. The van der Waals surface area contributed by atoms with E-state index in [0.717, 1.165) is 0 Å². The standard InChI is InChI=1S/C3H7N.C2H6O/c1-2-4-3-1;1-3-2/h4H,1-3H2;1-2H3. The molecular weight excluding hydrogens is 90.1 g/mol.